The van der Waals surface area contributed by atoms with Crippen LogP contribution in [0, 0.1) is 0 Å². The molecule has 2 aromatic rings. The van der Waals surface area contributed by atoms with Gasteiger partial charge in [0.05, 0.1) is 6.54 Å². The molecule has 0 saturated carbocycles. The van der Waals surface area contributed by atoms with Crippen LogP contribution >= 0.6 is 0 Å². The van der Waals surface area contributed by atoms with E-state index in [1.54, 1.807) is 38.1 Å². The number of hydrogen-bond donors (Lipinski definition) is 0. The maximum atomic E-state index is 12.5. The number of Topliss-reactive ketones (excluding diaryl/α,β-unsaturated/α-hetero) is 1. The molecule has 0 radical (unpaired) electrons. The van der Waals surface area contributed by atoms with E-state index in [1.807, 2.05) is 0 Å². The third-order valence-corrected chi connectivity index (χ3v) is 3.62. The van der Waals surface area contributed by atoms with Crippen LogP contribution in [0.1, 0.15) is 18.4 Å². The molecule has 0 N–H and O–H groups in total. The molecule has 0 unspecified atom stereocenters. The molecule has 0 spiro atoms. The highest BCUT2D eigenvalue weighted by molar-refractivity contribution is 6.36. The van der Waals surface area contributed by atoms with Gasteiger partial charge in [-0.3, -0.25) is 9.59 Å². The first kappa shape index (κ1) is 20.6. The number of nitrogens with zero attached hydrogens (tertiary/aromatic N) is 4. The van der Waals surface area contributed by atoms with Crippen LogP contribution in [-0.2, 0) is 22.3 Å². The van der Waals surface area contributed by atoms with E-state index in [2.05, 4.69) is 14.7 Å². The number of rotatable bonds is 7. The molecule has 0 atom stereocenters. The Morgan fingerprint density at radius 2 is 1.78 bits per heavy atom. The SMILES string of the molecule is CCN(Cc1ccc(-c2noc(C(F)(F)F)n2)cc1)C(=O)C(=O)CN(C)C. The predicted molar refractivity (Wildman–Crippen MR) is 89.4 cm³/mol. The lowest BCUT2D eigenvalue weighted by molar-refractivity contribution is -0.159. The molecule has 27 heavy (non-hydrogen) atoms. The van der Waals surface area contributed by atoms with Crippen LogP contribution < -0.4 is 0 Å². The van der Waals surface area contributed by atoms with Crippen molar-refractivity contribution in [2.24, 2.45) is 0 Å². The van der Waals surface area contributed by atoms with Crippen LogP contribution in [0.2, 0.25) is 0 Å². The summed E-state index contributed by atoms with van der Waals surface area (Å²) in [5.74, 6) is -2.68. The third kappa shape index (κ3) is 5.36. The number of amides is 1. The quantitative estimate of drug-likeness (QED) is 0.681. The largest absolute Gasteiger partial charge is 0.471 e. The molecule has 0 aliphatic carbocycles. The highest BCUT2D eigenvalue weighted by Crippen LogP contribution is 2.29. The Morgan fingerprint density at radius 1 is 1.15 bits per heavy atom. The summed E-state index contributed by atoms with van der Waals surface area (Å²) < 4.78 is 41.8. The molecule has 7 nitrogen and oxygen atoms in total. The van der Waals surface area contributed by atoms with Crippen LogP contribution in [0.3, 0.4) is 0 Å². The summed E-state index contributed by atoms with van der Waals surface area (Å²) in [6, 6.07) is 6.32. The van der Waals surface area contributed by atoms with Gasteiger partial charge in [-0.15, -0.1) is 0 Å². The Bertz CT molecular complexity index is 801. The van der Waals surface area contributed by atoms with E-state index >= 15 is 0 Å². The lowest BCUT2D eigenvalue weighted by Crippen LogP contribution is -2.40. The minimum Gasteiger partial charge on any atom is -0.332 e. The number of aromatic nitrogens is 2. The zero-order valence-corrected chi connectivity index (χ0v) is 15.1. The molecule has 1 amide bonds. The van der Waals surface area contributed by atoms with Gasteiger partial charge in [-0.1, -0.05) is 29.4 Å². The van der Waals surface area contributed by atoms with Crippen LogP contribution in [0.15, 0.2) is 28.8 Å². The monoisotopic (exact) mass is 384 g/mol. The molecule has 2 rings (SSSR count). The summed E-state index contributed by atoms with van der Waals surface area (Å²) in [5.41, 5.74) is 1.06. The number of carbonyl (C=O) groups excluding carboxylic acids is 2. The second-order valence-electron chi connectivity index (χ2n) is 6.10. The normalized spacial score (nSPS) is 11.7. The summed E-state index contributed by atoms with van der Waals surface area (Å²) in [7, 11) is 3.39. The van der Waals surface area contributed by atoms with E-state index in [0.29, 0.717) is 17.7 Å². The number of ketones is 1. The van der Waals surface area contributed by atoms with E-state index in [0.717, 1.165) is 0 Å². The Balaban J connectivity index is 2.09. The van der Waals surface area contributed by atoms with Gasteiger partial charge in [0, 0.05) is 18.7 Å². The van der Waals surface area contributed by atoms with Crippen molar-refractivity contribution in [3.8, 4) is 11.4 Å². The van der Waals surface area contributed by atoms with E-state index in [4.69, 9.17) is 0 Å². The lowest BCUT2D eigenvalue weighted by Gasteiger charge is -2.21. The minimum atomic E-state index is -4.70. The molecule has 10 heteroatoms. The Hall–Kier alpha value is -2.75. The molecule has 0 fully saturated rings. The molecule has 0 bridgehead atoms. The molecule has 1 aromatic heterocycles. The van der Waals surface area contributed by atoms with E-state index in [1.165, 1.54) is 17.0 Å². The van der Waals surface area contributed by atoms with Gasteiger partial charge in [-0.2, -0.15) is 18.2 Å². The van der Waals surface area contributed by atoms with Crippen molar-refractivity contribution in [3.05, 3.63) is 35.7 Å². The van der Waals surface area contributed by atoms with Crippen LogP contribution in [0.25, 0.3) is 11.4 Å². The standard InChI is InChI=1S/C17H19F3N4O3/c1-4-24(15(26)13(25)10-23(2)3)9-11-5-7-12(8-6-11)14-21-16(27-22-14)17(18,19)20/h5-8H,4,9-10H2,1-3H3. The predicted octanol–water partition coefficient (Wildman–Crippen LogP) is 2.23. The van der Waals surface area contributed by atoms with Gasteiger partial charge in [0.15, 0.2) is 0 Å². The summed E-state index contributed by atoms with van der Waals surface area (Å²) in [4.78, 5) is 30.5. The summed E-state index contributed by atoms with van der Waals surface area (Å²) in [6.45, 7) is 2.33. The zero-order chi connectivity index (χ0) is 20.2. The molecule has 0 aliphatic rings. The molecule has 146 valence electrons. The van der Waals surface area contributed by atoms with Crippen molar-refractivity contribution < 1.29 is 27.3 Å². The molecular formula is C17H19F3N4O3. The molecular weight excluding hydrogens is 365 g/mol. The smallest absolute Gasteiger partial charge is 0.332 e. The highest BCUT2D eigenvalue weighted by atomic mass is 19.4. The molecule has 1 heterocycles. The summed E-state index contributed by atoms with van der Waals surface area (Å²) in [6.07, 6.45) is -4.70. The Morgan fingerprint density at radius 3 is 2.26 bits per heavy atom. The van der Waals surface area contributed by atoms with Crippen LogP contribution in [0.5, 0.6) is 0 Å². The van der Waals surface area contributed by atoms with Gasteiger partial charge in [-0.25, -0.2) is 0 Å². The van der Waals surface area contributed by atoms with E-state index in [-0.39, 0.29) is 18.9 Å². The molecule has 1 aromatic carbocycles. The van der Waals surface area contributed by atoms with Gasteiger partial charge in [0.2, 0.25) is 11.6 Å². The van der Waals surface area contributed by atoms with Crippen molar-refractivity contribution in [1.29, 1.82) is 0 Å². The fraction of sp³-hybridized carbons (Fsp3) is 0.412. The van der Waals surface area contributed by atoms with Crippen molar-refractivity contribution in [2.45, 2.75) is 19.6 Å². The lowest BCUT2D eigenvalue weighted by atomic mass is 10.1. The Kier molecular flexibility index (Phi) is 6.32. The number of halogens is 3. The van der Waals surface area contributed by atoms with Crippen molar-refractivity contribution in [3.63, 3.8) is 0 Å². The van der Waals surface area contributed by atoms with E-state index in [9.17, 15) is 22.8 Å². The fourth-order valence-electron chi connectivity index (χ4n) is 2.29. The van der Waals surface area contributed by atoms with Gasteiger partial charge in [0.25, 0.3) is 5.91 Å². The first-order valence-corrected chi connectivity index (χ1v) is 8.09. The van der Waals surface area contributed by atoms with Crippen molar-refractivity contribution in [2.75, 3.05) is 27.2 Å². The fourth-order valence-corrected chi connectivity index (χ4v) is 2.29. The highest BCUT2D eigenvalue weighted by Gasteiger charge is 2.38. The maximum Gasteiger partial charge on any atom is 0.471 e. The minimum absolute atomic E-state index is 0.0215. The number of carbonyl (C=O) groups is 2. The van der Waals surface area contributed by atoms with Gasteiger partial charge < -0.3 is 14.3 Å². The average molecular weight is 384 g/mol. The molecule has 0 aliphatic heterocycles. The number of likely N-dealkylation sites (N-methyl/N-ethyl adjacent to an activating group) is 2. The van der Waals surface area contributed by atoms with Crippen LogP contribution in [0.4, 0.5) is 13.2 Å². The first-order valence-electron chi connectivity index (χ1n) is 8.09. The van der Waals surface area contributed by atoms with Crippen molar-refractivity contribution in [1.82, 2.24) is 19.9 Å². The van der Waals surface area contributed by atoms with Gasteiger partial charge in [0.1, 0.15) is 0 Å². The summed E-state index contributed by atoms with van der Waals surface area (Å²) >= 11 is 0. The van der Waals surface area contributed by atoms with Gasteiger partial charge >= 0.3 is 12.1 Å². The van der Waals surface area contributed by atoms with E-state index < -0.39 is 23.8 Å². The zero-order valence-electron chi connectivity index (χ0n) is 15.1. The molecule has 0 saturated heterocycles. The first-order chi connectivity index (χ1) is 12.6. The second-order valence-corrected chi connectivity index (χ2v) is 6.10. The van der Waals surface area contributed by atoms with Crippen LogP contribution in [-0.4, -0.2) is 58.8 Å². The van der Waals surface area contributed by atoms with Crippen molar-refractivity contribution >= 4 is 11.7 Å². The number of alkyl halides is 3. The summed E-state index contributed by atoms with van der Waals surface area (Å²) in [5, 5.41) is 3.32. The third-order valence-electron chi connectivity index (χ3n) is 3.62. The second kappa shape index (κ2) is 8.30. The number of hydrogen-bond acceptors (Lipinski definition) is 6. The average Bonchev–Trinajstić information content (AvgIpc) is 3.09. The number of benzene rings is 1. The topological polar surface area (TPSA) is 79.5 Å². The Labute approximate surface area is 153 Å². The maximum absolute atomic E-state index is 12.5. The van der Waals surface area contributed by atoms with Gasteiger partial charge in [-0.05, 0) is 26.6 Å².